The molecular formula is C14H14F3N3O2. The number of hydrogen-bond acceptors (Lipinski definition) is 4. The quantitative estimate of drug-likeness (QED) is 0.881. The van der Waals surface area contributed by atoms with E-state index in [1.54, 1.807) is 6.92 Å². The topological polar surface area (TPSA) is 70.1 Å². The molecule has 0 atom stereocenters. The highest BCUT2D eigenvalue weighted by Crippen LogP contribution is 2.29. The number of nitrogens with two attached hydrogens (primary N) is 1. The van der Waals surface area contributed by atoms with Crippen molar-refractivity contribution in [2.75, 3.05) is 12.3 Å². The second kappa shape index (κ2) is 6.08. The molecule has 2 N–H and O–H groups in total. The third-order valence-electron chi connectivity index (χ3n) is 2.91. The van der Waals surface area contributed by atoms with Crippen LogP contribution in [-0.4, -0.2) is 22.4 Å². The van der Waals surface area contributed by atoms with Gasteiger partial charge >= 0.3 is 12.1 Å². The highest BCUT2D eigenvalue weighted by atomic mass is 19.4. The Bertz CT molecular complexity index is 663. The molecule has 8 heteroatoms. The highest BCUT2D eigenvalue weighted by Gasteiger charge is 2.29. The van der Waals surface area contributed by atoms with Crippen molar-refractivity contribution in [2.24, 2.45) is 0 Å². The summed E-state index contributed by atoms with van der Waals surface area (Å²) in [4.78, 5) is 11.5. The number of esters is 1. The zero-order valence-corrected chi connectivity index (χ0v) is 11.7. The number of rotatable bonds is 4. The average molecular weight is 313 g/mol. The lowest BCUT2D eigenvalue weighted by molar-refractivity contribution is -0.137. The van der Waals surface area contributed by atoms with Crippen molar-refractivity contribution in [3.63, 3.8) is 0 Å². The molecule has 2 aromatic rings. The third-order valence-corrected chi connectivity index (χ3v) is 2.91. The van der Waals surface area contributed by atoms with E-state index < -0.39 is 17.7 Å². The number of anilines is 1. The molecule has 0 aliphatic rings. The third kappa shape index (κ3) is 3.57. The minimum atomic E-state index is -4.37. The molecule has 0 saturated heterocycles. The van der Waals surface area contributed by atoms with Crippen molar-refractivity contribution >= 4 is 11.8 Å². The smallest absolute Gasteiger partial charge is 0.416 e. The molecule has 0 unspecified atom stereocenters. The first-order valence-corrected chi connectivity index (χ1v) is 6.48. The molecule has 0 radical (unpaired) electrons. The van der Waals surface area contributed by atoms with Crippen LogP contribution in [0.25, 0.3) is 0 Å². The molecule has 1 aromatic heterocycles. The van der Waals surface area contributed by atoms with E-state index in [9.17, 15) is 18.0 Å². The van der Waals surface area contributed by atoms with Crippen molar-refractivity contribution < 1.29 is 22.7 Å². The van der Waals surface area contributed by atoms with Gasteiger partial charge in [-0.3, -0.25) is 0 Å². The van der Waals surface area contributed by atoms with E-state index in [0.29, 0.717) is 5.56 Å². The van der Waals surface area contributed by atoms with Crippen LogP contribution < -0.4 is 5.73 Å². The first-order valence-electron chi connectivity index (χ1n) is 6.48. The second-order valence-corrected chi connectivity index (χ2v) is 4.53. The first-order chi connectivity index (χ1) is 10.3. The van der Waals surface area contributed by atoms with Crippen LogP contribution >= 0.6 is 0 Å². The molecule has 2 rings (SSSR count). The number of hydrogen-bond donors (Lipinski definition) is 1. The van der Waals surface area contributed by atoms with Gasteiger partial charge in [0.25, 0.3) is 0 Å². The van der Waals surface area contributed by atoms with Gasteiger partial charge in [0.15, 0.2) is 5.69 Å². The number of carbonyl (C=O) groups is 1. The van der Waals surface area contributed by atoms with Gasteiger partial charge in [-0.2, -0.15) is 18.3 Å². The van der Waals surface area contributed by atoms with E-state index in [1.165, 1.54) is 22.9 Å². The second-order valence-electron chi connectivity index (χ2n) is 4.53. The summed E-state index contributed by atoms with van der Waals surface area (Å²) in [7, 11) is 0. The molecule has 0 aliphatic carbocycles. The van der Waals surface area contributed by atoms with Crippen molar-refractivity contribution in [2.45, 2.75) is 19.6 Å². The number of benzene rings is 1. The van der Waals surface area contributed by atoms with Crippen molar-refractivity contribution in [3.8, 4) is 0 Å². The summed E-state index contributed by atoms with van der Waals surface area (Å²) in [5, 5.41) is 3.99. The molecule has 0 saturated carbocycles. The Balaban J connectivity index is 2.15. The molecule has 5 nitrogen and oxygen atoms in total. The molecule has 0 spiro atoms. The Hall–Kier alpha value is -2.51. The average Bonchev–Trinajstić information content (AvgIpc) is 2.80. The number of alkyl halides is 3. The van der Waals surface area contributed by atoms with Crippen molar-refractivity contribution in [3.05, 3.63) is 47.2 Å². The van der Waals surface area contributed by atoms with Gasteiger partial charge in [-0.25, -0.2) is 9.48 Å². The fourth-order valence-electron chi connectivity index (χ4n) is 1.83. The van der Waals surface area contributed by atoms with E-state index in [2.05, 4.69) is 5.10 Å². The summed E-state index contributed by atoms with van der Waals surface area (Å²) in [6.45, 7) is 2.04. The minimum absolute atomic E-state index is 0.0614. The maximum Gasteiger partial charge on any atom is 0.416 e. The van der Waals surface area contributed by atoms with E-state index in [1.807, 2.05) is 0 Å². The number of aromatic nitrogens is 2. The fraction of sp³-hybridized carbons (Fsp3) is 0.286. The summed E-state index contributed by atoms with van der Waals surface area (Å²) >= 11 is 0. The van der Waals surface area contributed by atoms with Gasteiger partial charge in [-0.1, -0.05) is 12.1 Å². The predicted molar refractivity (Wildman–Crippen MR) is 73.1 cm³/mol. The van der Waals surface area contributed by atoms with Gasteiger partial charge in [-0.05, 0) is 24.6 Å². The Labute approximate surface area is 124 Å². The van der Waals surface area contributed by atoms with E-state index >= 15 is 0 Å². The number of ether oxygens (including phenoxy) is 1. The highest BCUT2D eigenvalue weighted by molar-refractivity contribution is 5.88. The lowest BCUT2D eigenvalue weighted by Gasteiger charge is -2.08. The molecule has 0 fully saturated rings. The Kier molecular flexibility index (Phi) is 4.39. The van der Waals surface area contributed by atoms with Crippen molar-refractivity contribution in [1.29, 1.82) is 0 Å². The number of nitrogen functional groups attached to an aromatic ring is 1. The number of nitrogens with zero attached hydrogens (tertiary/aromatic N) is 2. The van der Waals surface area contributed by atoms with E-state index in [4.69, 9.17) is 10.5 Å². The molecule has 118 valence electrons. The molecular weight excluding hydrogens is 299 g/mol. The van der Waals surface area contributed by atoms with Crippen LogP contribution in [0.4, 0.5) is 19.0 Å². The van der Waals surface area contributed by atoms with Crippen LogP contribution in [0, 0.1) is 0 Å². The van der Waals surface area contributed by atoms with Crippen LogP contribution in [0.1, 0.15) is 28.5 Å². The van der Waals surface area contributed by atoms with Gasteiger partial charge in [0, 0.05) is 6.07 Å². The SMILES string of the molecule is CCOC(=O)c1cc(N)n(Cc2ccc(C(F)(F)F)cc2)n1. The van der Waals surface area contributed by atoms with Gasteiger partial charge in [0.05, 0.1) is 18.7 Å². The zero-order chi connectivity index (χ0) is 16.3. The molecule has 22 heavy (non-hydrogen) atoms. The molecule has 1 heterocycles. The minimum Gasteiger partial charge on any atom is -0.461 e. The fourth-order valence-corrected chi connectivity index (χ4v) is 1.83. The van der Waals surface area contributed by atoms with Gasteiger partial charge in [0.1, 0.15) is 5.82 Å². The Morgan fingerprint density at radius 2 is 1.95 bits per heavy atom. The summed E-state index contributed by atoms with van der Waals surface area (Å²) in [6.07, 6.45) is -4.37. The van der Waals surface area contributed by atoms with Crippen LogP contribution in [0.3, 0.4) is 0 Å². The maximum absolute atomic E-state index is 12.5. The number of halogens is 3. The number of carbonyl (C=O) groups excluding carboxylic acids is 1. The molecule has 1 aromatic carbocycles. The van der Waals surface area contributed by atoms with Crippen LogP contribution in [0.5, 0.6) is 0 Å². The summed E-state index contributed by atoms with van der Waals surface area (Å²) in [5.41, 5.74) is 5.65. The van der Waals surface area contributed by atoms with Crippen LogP contribution in [-0.2, 0) is 17.5 Å². The largest absolute Gasteiger partial charge is 0.461 e. The summed E-state index contributed by atoms with van der Waals surface area (Å²) < 4.78 is 43.6. The van der Waals surface area contributed by atoms with Crippen molar-refractivity contribution in [1.82, 2.24) is 9.78 Å². The Morgan fingerprint density at radius 3 is 2.50 bits per heavy atom. The Morgan fingerprint density at radius 1 is 1.32 bits per heavy atom. The molecule has 0 amide bonds. The van der Waals surface area contributed by atoms with E-state index in [0.717, 1.165) is 12.1 Å². The first kappa shape index (κ1) is 15.9. The van der Waals surface area contributed by atoms with E-state index in [-0.39, 0.29) is 24.7 Å². The predicted octanol–water partition coefficient (Wildman–Crippen LogP) is 2.71. The summed E-state index contributed by atoms with van der Waals surface area (Å²) in [5.74, 6) is -0.372. The molecule has 0 aliphatic heterocycles. The van der Waals surface area contributed by atoms with Crippen LogP contribution in [0.2, 0.25) is 0 Å². The monoisotopic (exact) mass is 313 g/mol. The summed E-state index contributed by atoms with van der Waals surface area (Å²) in [6, 6.07) is 6.02. The van der Waals surface area contributed by atoms with Crippen LogP contribution in [0.15, 0.2) is 30.3 Å². The molecule has 0 bridgehead atoms. The van der Waals surface area contributed by atoms with Gasteiger partial charge < -0.3 is 10.5 Å². The lowest BCUT2D eigenvalue weighted by Crippen LogP contribution is -2.09. The maximum atomic E-state index is 12.5. The lowest BCUT2D eigenvalue weighted by atomic mass is 10.1. The standard InChI is InChI=1S/C14H14F3N3O2/c1-2-22-13(21)11-7-12(18)20(19-11)8-9-3-5-10(6-4-9)14(15,16)17/h3-7H,2,8,18H2,1H3. The van der Waals surface area contributed by atoms with Gasteiger partial charge in [0.2, 0.25) is 0 Å². The normalized spacial score (nSPS) is 11.5. The zero-order valence-electron chi connectivity index (χ0n) is 11.7. The van der Waals surface area contributed by atoms with Gasteiger partial charge in [-0.15, -0.1) is 0 Å².